The van der Waals surface area contributed by atoms with Gasteiger partial charge in [0.05, 0.1) is 40.8 Å². The summed E-state index contributed by atoms with van der Waals surface area (Å²) < 4.78 is 7.00. The molecular weight excluding hydrogens is 566 g/mol. The average Bonchev–Trinajstić information content (AvgIpc) is 3.58. The van der Waals surface area contributed by atoms with Crippen LogP contribution in [0.15, 0.2) is 43.5 Å². The van der Waals surface area contributed by atoms with E-state index in [2.05, 4.69) is 13.2 Å². The van der Waals surface area contributed by atoms with Crippen molar-refractivity contribution >= 4 is 35.0 Å². The molecule has 3 amide bonds. The molecule has 3 aliphatic rings. The number of nitrogens with zero attached hydrogens (tertiary/aromatic N) is 3. The summed E-state index contributed by atoms with van der Waals surface area (Å²) in [5.74, 6) is -2.20. The van der Waals surface area contributed by atoms with Gasteiger partial charge in [-0.1, -0.05) is 63.6 Å². The molecule has 4 rings (SSSR count). The topological polar surface area (TPSA) is 90.4 Å². The number of carbonyl (C=O) groups is 3. The van der Waals surface area contributed by atoms with E-state index in [4.69, 9.17) is 16.3 Å². The van der Waals surface area contributed by atoms with Crippen molar-refractivity contribution in [2.75, 3.05) is 31.1 Å². The highest BCUT2D eigenvalue weighted by atomic mass is 35.5. The molecule has 2 bridgehead atoms. The van der Waals surface area contributed by atoms with E-state index in [-0.39, 0.29) is 36.8 Å². The number of anilines is 1. The number of hydrogen-bond donors (Lipinski definition) is 1. The maximum Gasteiger partial charge on any atom is 0.253 e. The summed E-state index contributed by atoms with van der Waals surface area (Å²) in [6.45, 7) is 18.4. The van der Waals surface area contributed by atoms with Gasteiger partial charge in [0.25, 0.3) is 5.91 Å². The van der Waals surface area contributed by atoms with Gasteiger partial charge in [0.1, 0.15) is 11.6 Å². The Kier molecular flexibility index (Phi) is 10.1. The van der Waals surface area contributed by atoms with Crippen LogP contribution < -0.4 is 4.90 Å². The minimum absolute atomic E-state index is 0.133. The van der Waals surface area contributed by atoms with Gasteiger partial charge in [0.15, 0.2) is 0 Å². The third-order valence-electron chi connectivity index (χ3n) is 9.66. The normalized spacial score (nSPS) is 28.2. The van der Waals surface area contributed by atoms with Gasteiger partial charge in [0, 0.05) is 19.6 Å². The first-order valence-corrected chi connectivity index (χ1v) is 16.1. The highest BCUT2D eigenvalue weighted by Gasteiger charge is 2.79. The predicted octanol–water partition coefficient (Wildman–Crippen LogP) is 5.15. The van der Waals surface area contributed by atoms with Crippen molar-refractivity contribution in [3.05, 3.63) is 54.1 Å². The molecule has 236 valence electrons. The lowest BCUT2D eigenvalue weighted by Gasteiger charge is -2.40. The fraction of sp³-hybridized carbons (Fsp3) is 0.618. The van der Waals surface area contributed by atoms with Crippen LogP contribution in [0.4, 0.5) is 5.69 Å². The molecule has 1 N–H and O–H groups in total. The van der Waals surface area contributed by atoms with Gasteiger partial charge in [-0.05, 0) is 56.6 Å². The molecule has 1 aromatic carbocycles. The van der Waals surface area contributed by atoms with Gasteiger partial charge in [-0.25, -0.2) is 0 Å². The maximum atomic E-state index is 15.0. The van der Waals surface area contributed by atoms with E-state index in [1.54, 1.807) is 32.9 Å². The largest absolute Gasteiger partial charge is 0.394 e. The smallest absolute Gasteiger partial charge is 0.253 e. The summed E-state index contributed by atoms with van der Waals surface area (Å²) in [7, 11) is 0. The molecule has 8 nitrogen and oxygen atoms in total. The molecule has 1 spiro atoms. The molecule has 3 aliphatic heterocycles. The number of benzene rings is 1. The van der Waals surface area contributed by atoms with Gasteiger partial charge in [-0.3, -0.25) is 14.4 Å². The fourth-order valence-electron chi connectivity index (χ4n) is 7.97. The molecule has 43 heavy (non-hydrogen) atoms. The minimum atomic E-state index is -1.21. The van der Waals surface area contributed by atoms with Crippen molar-refractivity contribution in [3.63, 3.8) is 0 Å². The minimum Gasteiger partial charge on any atom is -0.394 e. The van der Waals surface area contributed by atoms with E-state index in [0.29, 0.717) is 49.5 Å². The second-order valence-corrected chi connectivity index (χ2v) is 13.2. The highest BCUT2D eigenvalue weighted by Crippen LogP contribution is 2.65. The average molecular weight is 614 g/mol. The van der Waals surface area contributed by atoms with Crippen molar-refractivity contribution in [2.45, 2.75) is 90.0 Å². The molecule has 3 saturated heterocycles. The summed E-state index contributed by atoms with van der Waals surface area (Å²) in [5, 5.41) is 11.1. The molecule has 0 aromatic heterocycles. The molecule has 0 saturated carbocycles. The van der Waals surface area contributed by atoms with E-state index >= 15 is 0 Å². The molecule has 1 aromatic rings. The Morgan fingerprint density at radius 2 is 1.88 bits per heavy atom. The highest BCUT2D eigenvalue weighted by molar-refractivity contribution is 6.34. The number of halogens is 1. The van der Waals surface area contributed by atoms with Crippen LogP contribution in [0.1, 0.15) is 65.4 Å². The van der Waals surface area contributed by atoms with Crippen LogP contribution in [0, 0.1) is 24.7 Å². The zero-order valence-electron chi connectivity index (χ0n) is 26.4. The van der Waals surface area contributed by atoms with Gasteiger partial charge >= 0.3 is 0 Å². The number of aryl methyl sites for hydroxylation is 1. The van der Waals surface area contributed by atoms with E-state index < -0.39 is 35.1 Å². The van der Waals surface area contributed by atoms with Gasteiger partial charge in [-0.15, -0.1) is 13.2 Å². The number of hydrogen-bond acceptors (Lipinski definition) is 5. The van der Waals surface area contributed by atoms with Crippen molar-refractivity contribution < 1.29 is 24.2 Å². The van der Waals surface area contributed by atoms with Crippen molar-refractivity contribution in [3.8, 4) is 0 Å². The molecule has 0 radical (unpaired) electrons. The second-order valence-electron chi connectivity index (χ2n) is 12.8. The molecular formula is C34H48ClN3O5. The number of likely N-dealkylation sites (tertiary alicyclic amines) is 1. The van der Waals surface area contributed by atoms with Gasteiger partial charge in [-0.2, -0.15) is 0 Å². The van der Waals surface area contributed by atoms with Gasteiger partial charge in [0.2, 0.25) is 11.8 Å². The quantitative estimate of drug-likeness (QED) is 0.293. The third-order valence-corrected chi connectivity index (χ3v) is 9.96. The Hall–Kier alpha value is -2.68. The van der Waals surface area contributed by atoms with E-state index in [1.165, 1.54) is 0 Å². The first kappa shape index (κ1) is 33.2. The first-order chi connectivity index (χ1) is 20.5. The molecule has 6 atom stereocenters. The molecule has 2 unspecified atom stereocenters. The van der Waals surface area contributed by atoms with Crippen LogP contribution >= 0.6 is 11.6 Å². The van der Waals surface area contributed by atoms with Crippen LogP contribution in [0.3, 0.4) is 0 Å². The summed E-state index contributed by atoms with van der Waals surface area (Å²) in [6, 6.07) is 3.80. The number of carbonyl (C=O) groups excluding carboxylic acids is 3. The predicted molar refractivity (Wildman–Crippen MR) is 170 cm³/mol. The zero-order valence-corrected chi connectivity index (χ0v) is 27.1. The molecule has 0 aliphatic carbocycles. The number of rotatable bonds is 14. The van der Waals surface area contributed by atoms with E-state index in [1.807, 2.05) is 46.8 Å². The summed E-state index contributed by atoms with van der Waals surface area (Å²) in [6.07, 6.45) is 6.17. The lowest BCUT2D eigenvalue weighted by molar-refractivity contribution is -0.154. The van der Waals surface area contributed by atoms with Crippen LogP contribution in [0.25, 0.3) is 0 Å². The van der Waals surface area contributed by atoms with Crippen LogP contribution in [-0.2, 0) is 19.1 Å². The summed E-state index contributed by atoms with van der Waals surface area (Å²) >= 11 is 6.69. The van der Waals surface area contributed by atoms with Crippen molar-refractivity contribution in [2.24, 2.45) is 17.8 Å². The lowest BCUT2D eigenvalue weighted by atomic mass is 9.64. The number of aliphatic hydroxyl groups is 1. The Balaban J connectivity index is 1.91. The van der Waals surface area contributed by atoms with E-state index in [9.17, 15) is 19.5 Å². The monoisotopic (exact) mass is 613 g/mol. The fourth-order valence-corrected chi connectivity index (χ4v) is 8.30. The number of amides is 3. The lowest BCUT2D eigenvalue weighted by Crippen LogP contribution is -2.59. The second kappa shape index (κ2) is 13.1. The molecule has 3 fully saturated rings. The Morgan fingerprint density at radius 1 is 1.19 bits per heavy atom. The summed E-state index contributed by atoms with van der Waals surface area (Å²) in [4.78, 5) is 49.0. The molecule has 3 heterocycles. The van der Waals surface area contributed by atoms with E-state index in [0.717, 1.165) is 12.0 Å². The number of ether oxygens (including phenoxy) is 1. The number of para-hydroxylation sites is 1. The standard InChI is InChI=1S/C34H48ClN3O5/c1-8-17-36(18-9-2)30(40)26-27-31(41)38(24(21-39)20-22(5)6)29(34(27)16-15-33(26,11-4)43-34)32(42)37(19-10-3)28-23(7)13-12-14-25(28)35/h8,10,12-14,22,24,26-27,29,39H,1,3,9,11,15-21H2,2,4-7H3/t24-,26+,27+,29?,33-,34?/m1/s1. The van der Waals surface area contributed by atoms with Crippen LogP contribution in [-0.4, -0.2) is 82.2 Å². The van der Waals surface area contributed by atoms with Crippen LogP contribution in [0.5, 0.6) is 0 Å². The Morgan fingerprint density at radius 3 is 2.44 bits per heavy atom. The summed E-state index contributed by atoms with van der Waals surface area (Å²) in [5.41, 5.74) is -0.708. The zero-order chi connectivity index (χ0) is 31.7. The number of fused-ring (bicyclic) bond motifs is 1. The SMILES string of the molecule is C=CCN(CCC)C(=O)[C@@H]1[C@H]2C(=O)N([C@@H](CO)CC(C)C)C(C(=O)N(CC=C)c3c(C)cccc3Cl)C23CC[C@@]1(CC)O3. The van der Waals surface area contributed by atoms with Crippen molar-refractivity contribution in [1.29, 1.82) is 0 Å². The van der Waals surface area contributed by atoms with Crippen molar-refractivity contribution in [1.82, 2.24) is 9.80 Å². The Labute approximate surface area is 261 Å². The maximum absolute atomic E-state index is 15.0. The van der Waals surface area contributed by atoms with Gasteiger partial charge < -0.3 is 24.5 Å². The van der Waals surface area contributed by atoms with Crippen LogP contribution in [0.2, 0.25) is 5.02 Å². The Bertz CT molecular complexity index is 1230. The number of aliphatic hydroxyl groups excluding tert-OH is 1. The first-order valence-electron chi connectivity index (χ1n) is 15.7. The molecule has 9 heteroatoms. The third kappa shape index (κ3) is 5.44.